The van der Waals surface area contributed by atoms with Gasteiger partial charge in [0.2, 0.25) is 0 Å². The minimum atomic E-state index is -0.407. The highest BCUT2D eigenvalue weighted by Crippen LogP contribution is 2.33. The molecule has 0 N–H and O–H groups in total. The van der Waals surface area contributed by atoms with Gasteiger partial charge in [-0.1, -0.05) is 77.8 Å². The smallest absolute Gasteiger partial charge is 0.344 e. The lowest BCUT2D eigenvalue weighted by Gasteiger charge is -2.16. The van der Waals surface area contributed by atoms with E-state index in [1.807, 2.05) is 93.6 Å². The minimum Gasteiger partial charge on any atom is -0.423 e. The molecule has 0 fully saturated rings. The summed E-state index contributed by atoms with van der Waals surface area (Å²) in [6.07, 6.45) is 0. The monoisotopic (exact) mass is 477 g/mol. The van der Waals surface area contributed by atoms with Gasteiger partial charge in [-0.15, -0.1) is 0 Å². The van der Waals surface area contributed by atoms with E-state index in [9.17, 15) is 4.79 Å². The predicted molar refractivity (Wildman–Crippen MR) is 143 cm³/mol. The lowest BCUT2D eigenvalue weighted by atomic mass is 9.95. The molecule has 0 aliphatic carbocycles. The Labute approximate surface area is 210 Å². The van der Waals surface area contributed by atoms with E-state index in [2.05, 4.69) is 18.2 Å². The van der Waals surface area contributed by atoms with E-state index in [0.29, 0.717) is 16.3 Å². The quantitative estimate of drug-likeness (QED) is 0.193. The van der Waals surface area contributed by atoms with Gasteiger partial charge in [-0.3, -0.25) is 0 Å². The fourth-order valence-corrected chi connectivity index (χ4v) is 4.69. The number of fused-ring (bicyclic) bond motifs is 1. The first-order chi connectivity index (χ1) is 16.9. The molecular formula is C31H24ClNO2. The fraction of sp³-hybridized carbons (Fsp3) is 0.0968. The van der Waals surface area contributed by atoms with Crippen LogP contribution in [0.2, 0.25) is 5.02 Å². The third-order valence-electron chi connectivity index (χ3n) is 6.14. The largest absolute Gasteiger partial charge is 0.423 e. The van der Waals surface area contributed by atoms with E-state index >= 15 is 0 Å². The summed E-state index contributed by atoms with van der Waals surface area (Å²) < 4.78 is 5.88. The summed E-state index contributed by atoms with van der Waals surface area (Å²) in [5.74, 6) is 0.0864. The summed E-state index contributed by atoms with van der Waals surface area (Å²) >= 11 is 6.26. The number of carbonyl (C=O) groups is 1. The van der Waals surface area contributed by atoms with Gasteiger partial charge in [0.1, 0.15) is 5.75 Å². The third-order valence-corrected chi connectivity index (χ3v) is 6.38. The number of aryl methyl sites for hydroxylation is 2. The van der Waals surface area contributed by atoms with E-state index in [0.717, 1.165) is 50.0 Å². The molecule has 0 spiro atoms. The van der Waals surface area contributed by atoms with Crippen LogP contribution in [0.15, 0.2) is 91.0 Å². The van der Waals surface area contributed by atoms with Crippen LogP contribution in [0.3, 0.4) is 0 Å². The molecule has 172 valence electrons. The average molecular weight is 478 g/mol. The molecule has 1 heterocycles. The normalized spacial score (nSPS) is 11.0. The van der Waals surface area contributed by atoms with Gasteiger partial charge < -0.3 is 4.74 Å². The molecule has 3 nitrogen and oxygen atoms in total. The first-order valence-electron chi connectivity index (χ1n) is 11.5. The topological polar surface area (TPSA) is 39.2 Å². The second kappa shape index (κ2) is 9.36. The number of esters is 1. The highest BCUT2D eigenvalue weighted by molar-refractivity contribution is 6.30. The van der Waals surface area contributed by atoms with E-state index in [-0.39, 0.29) is 0 Å². The lowest BCUT2D eigenvalue weighted by Crippen LogP contribution is -2.13. The van der Waals surface area contributed by atoms with Gasteiger partial charge in [-0.05, 0) is 73.4 Å². The van der Waals surface area contributed by atoms with Crippen LogP contribution in [0.4, 0.5) is 0 Å². The highest BCUT2D eigenvalue weighted by Gasteiger charge is 2.22. The van der Waals surface area contributed by atoms with Crippen LogP contribution >= 0.6 is 11.6 Å². The van der Waals surface area contributed by atoms with Crippen molar-refractivity contribution in [3.8, 4) is 28.1 Å². The Morgan fingerprint density at radius 3 is 2.17 bits per heavy atom. The molecule has 35 heavy (non-hydrogen) atoms. The van der Waals surface area contributed by atoms with Crippen molar-refractivity contribution in [2.75, 3.05) is 0 Å². The van der Waals surface area contributed by atoms with Gasteiger partial charge in [0, 0.05) is 16.0 Å². The fourth-order valence-electron chi connectivity index (χ4n) is 4.50. The molecule has 0 aliphatic rings. The number of hydrogen-bond acceptors (Lipinski definition) is 3. The van der Waals surface area contributed by atoms with Gasteiger partial charge in [-0.2, -0.15) is 0 Å². The van der Waals surface area contributed by atoms with Crippen LogP contribution in [0, 0.1) is 20.8 Å². The SMILES string of the molecule is Cc1cc(C)c2nc(-c3cccc(Cl)c3)c(C)c(C(=O)Oc3ccc(-c4ccccc4)cc3)c2c1. The predicted octanol–water partition coefficient (Wildman–Crippen LogP) is 8.37. The van der Waals surface area contributed by atoms with E-state index < -0.39 is 5.97 Å². The van der Waals surface area contributed by atoms with Gasteiger partial charge in [0.15, 0.2) is 0 Å². The maximum Gasteiger partial charge on any atom is 0.344 e. The summed E-state index contributed by atoms with van der Waals surface area (Å²) in [6, 6.07) is 29.3. The Morgan fingerprint density at radius 2 is 1.46 bits per heavy atom. The molecule has 0 bridgehead atoms. The molecule has 0 saturated heterocycles. The average Bonchev–Trinajstić information content (AvgIpc) is 2.84. The van der Waals surface area contributed by atoms with E-state index in [1.54, 1.807) is 0 Å². The molecule has 5 rings (SSSR count). The second-order valence-electron chi connectivity index (χ2n) is 8.73. The summed E-state index contributed by atoms with van der Waals surface area (Å²) in [6.45, 7) is 5.94. The summed E-state index contributed by atoms with van der Waals surface area (Å²) in [7, 11) is 0. The Kier molecular flexibility index (Phi) is 6.10. The molecule has 0 unspecified atom stereocenters. The van der Waals surface area contributed by atoms with Crippen molar-refractivity contribution >= 4 is 28.5 Å². The summed E-state index contributed by atoms with van der Waals surface area (Å²) in [5, 5.41) is 1.41. The first-order valence-corrected chi connectivity index (χ1v) is 11.8. The number of rotatable bonds is 4. The highest BCUT2D eigenvalue weighted by atomic mass is 35.5. The summed E-state index contributed by atoms with van der Waals surface area (Å²) in [5.41, 5.74) is 7.88. The standard InChI is InChI=1S/C31H24ClNO2/c1-19-16-20(2)29-27(17-19)28(21(3)30(33-29)24-10-7-11-25(32)18-24)31(34)35-26-14-12-23(13-15-26)22-8-5-4-6-9-22/h4-18H,1-3H3. The number of ether oxygens (including phenoxy) is 1. The van der Waals surface area contributed by atoms with E-state index in [1.165, 1.54) is 0 Å². The van der Waals surface area contributed by atoms with Crippen LogP contribution in [0.25, 0.3) is 33.3 Å². The number of carbonyl (C=O) groups excluding carboxylic acids is 1. The van der Waals surface area contributed by atoms with Crippen molar-refractivity contribution in [3.05, 3.63) is 118 Å². The second-order valence-corrected chi connectivity index (χ2v) is 9.17. The van der Waals surface area contributed by atoms with Crippen molar-refractivity contribution in [2.45, 2.75) is 20.8 Å². The van der Waals surface area contributed by atoms with Crippen LogP contribution in [-0.2, 0) is 0 Å². The van der Waals surface area contributed by atoms with Crippen LogP contribution < -0.4 is 4.74 Å². The van der Waals surface area contributed by atoms with Gasteiger partial charge in [0.25, 0.3) is 0 Å². The molecule has 0 amide bonds. The Hall–Kier alpha value is -3.95. The maximum absolute atomic E-state index is 13.6. The number of benzene rings is 4. The van der Waals surface area contributed by atoms with E-state index in [4.69, 9.17) is 21.3 Å². The van der Waals surface area contributed by atoms with Crippen LogP contribution in [-0.4, -0.2) is 11.0 Å². The minimum absolute atomic E-state index is 0.407. The number of hydrogen-bond donors (Lipinski definition) is 0. The molecule has 0 atom stereocenters. The van der Waals surface area contributed by atoms with Gasteiger partial charge >= 0.3 is 5.97 Å². The van der Waals surface area contributed by atoms with Crippen molar-refractivity contribution in [1.82, 2.24) is 4.98 Å². The Bertz CT molecular complexity index is 1560. The Morgan fingerprint density at radius 1 is 0.771 bits per heavy atom. The molecule has 0 radical (unpaired) electrons. The van der Waals surface area contributed by atoms with Gasteiger partial charge in [-0.25, -0.2) is 9.78 Å². The zero-order valence-corrected chi connectivity index (χ0v) is 20.6. The van der Waals surface area contributed by atoms with Crippen molar-refractivity contribution in [3.63, 3.8) is 0 Å². The molecular weight excluding hydrogens is 454 g/mol. The molecule has 0 saturated carbocycles. The van der Waals surface area contributed by atoms with Crippen molar-refractivity contribution in [2.24, 2.45) is 0 Å². The van der Waals surface area contributed by atoms with Crippen LogP contribution in [0.1, 0.15) is 27.0 Å². The maximum atomic E-state index is 13.6. The molecule has 5 aromatic rings. The number of aromatic nitrogens is 1. The molecule has 4 aromatic carbocycles. The molecule has 1 aromatic heterocycles. The number of halogens is 1. The van der Waals surface area contributed by atoms with Crippen LogP contribution in [0.5, 0.6) is 5.75 Å². The number of nitrogens with zero attached hydrogens (tertiary/aromatic N) is 1. The molecule has 0 aliphatic heterocycles. The van der Waals surface area contributed by atoms with Gasteiger partial charge in [0.05, 0.1) is 16.8 Å². The Balaban J connectivity index is 1.59. The van der Waals surface area contributed by atoms with Crippen molar-refractivity contribution in [1.29, 1.82) is 0 Å². The zero-order chi connectivity index (χ0) is 24.5. The lowest BCUT2D eigenvalue weighted by molar-refractivity contribution is 0.0736. The number of pyridine rings is 1. The summed E-state index contributed by atoms with van der Waals surface area (Å²) in [4.78, 5) is 18.6. The zero-order valence-electron chi connectivity index (χ0n) is 19.8. The molecule has 4 heteroatoms. The third kappa shape index (κ3) is 4.55. The van der Waals surface area contributed by atoms with Crippen molar-refractivity contribution < 1.29 is 9.53 Å². The first kappa shape index (κ1) is 22.8.